The van der Waals surface area contributed by atoms with E-state index in [4.69, 9.17) is 4.74 Å². The molecule has 1 aromatic heterocycles. The van der Waals surface area contributed by atoms with Gasteiger partial charge in [0, 0.05) is 16.5 Å². The fourth-order valence-electron chi connectivity index (χ4n) is 2.29. The molecule has 0 aliphatic heterocycles. The largest absolute Gasteiger partial charge is 0.479 e. The van der Waals surface area contributed by atoms with Gasteiger partial charge in [0.15, 0.2) is 0 Å². The average Bonchev–Trinajstić information content (AvgIpc) is 2.70. The number of carbonyl (C=O) groups excluding carboxylic acids is 1. The van der Waals surface area contributed by atoms with E-state index in [1.54, 1.807) is 18.3 Å². The second-order valence-corrected chi connectivity index (χ2v) is 6.54. The Labute approximate surface area is 161 Å². The number of rotatable bonds is 6. The Bertz CT molecular complexity index is 975. The molecule has 4 nitrogen and oxygen atoms in total. The van der Waals surface area contributed by atoms with Gasteiger partial charge in [-0.15, -0.1) is 11.8 Å². The first-order valence-electron chi connectivity index (χ1n) is 8.30. The van der Waals surface area contributed by atoms with Gasteiger partial charge < -0.3 is 10.1 Å². The van der Waals surface area contributed by atoms with Gasteiger partial charge in [0.25, 0.3) is 0 Å². The number of para-hydroxylation sites is 1. The quantitative estimate of drug-likeness (QED) is 0.524. The number of ether oxygens (including phenoxy) is 1. The highest BCUT2D eigenvalue weighted by Crippen LogP contribution is 2.22. The van der Waals surface area contributed by atoms with Crippen LogP contribution in [0.2, 0.25) is 0 Å². The standard InChI is InChI=1S/C21H17FN2O2S/c22-17-8-10-18(11-9-17)27-15-20(25)23-12-1-2-14-26-19-7-3-5-16-6-4-13-24-21(16)19/h3-11,13H,12,14-15H2,(H,23,25). The number of benzene rings is 2. The van der Waals surface area contributed by atoms with E-state index in [9.17, 15) is 9.18 Å². The molecule has 6 heteroatoms. The SMILES string of the molecule is O=C(CSc1ccc(F)cc1)NCC#CCOc1cccc2cccnc12. The van der Waals surface area contributed by atoms with Crippen LogP contribution in [0.4, 0.5) is 4.39 Å². The number of carbonyl (C=O) groups is 1. The maximum absolute atomic E-state index is 12.8. The number of nitrogens with one attached hydrogen (secondary N) is 1. The number of nitrogens with zero attached hydrogens (tertiary/aromatic N) is 1. The molecular weight excluding hydrogens is 363 g/mol. The predicted octanol–water partition coefficient (Wildman–Crippen LogP) is 3.66. The van der Waals surface area contributed by atoms with Gasteiger partial charge in [-0.25, -0.2) is 4.39 Å². The zero-order valence-electron chi connectivity index (χ0n) is 14.4. The minimum atomic E-state index is -0.291. The summed E-state index contributed by atoms with van der Waals surface area (Å²) in [6.45, 7) is 0.468. The lowest BCUT2D eigenvalue weighted by Gasteiger charge is -2.05. The van der Waals surface area contributed by atoms with E-state index in [0.29, 0.717) is 5.75 Å². The summed E-state index contributed by atoms with van der Waals surface area (Å²) >= 11 is 1.35. The maximum atomic E-state index is 12.8. The van der Waals surface area contributed by atoms with Crippen molar-refractivity contribution < 1.29 is 13.9 Å². The Morgan fingerprint density at radius 2 is 1.93 bits per heavy atom. The zero-order valence-corrected chi connectivity index (χ0v) is 15.3. The predicted molar refractivity (Wildman–Crippen MR) is 105 cm³/mol. The van der Waals surface area contributed by atoms with Crippen LogP contribution in [0.15, 0.2) is 65.7 Å². The number of halogens is 1. The average molecular weight is 380 g/mol. The fourth-order valence-corrected chi connectivity index (χ4v) is 3.02. The molecule has 1 N–H and O–H groups in total. The molecule has 0 saturated heterocycles. The summed E-state index contributed by atoms with van der Waals surface area (Å²) in [5.74, 6) is 6.24. The number of pyridine rings is 1. The smallest absolute Gasteiger partial charge is 0.231 e. The Hall–Kier alpha value is -3.04. The molecule has 0 aliphatic carbocycles. The van der Waals surface area contributed by atoms with E-state index in [-0.39, 0.29) is 30.6 Å². The van der Waals surface area contributed by atoms with E-state index < -0.39 is 0 Å². The van der Waals surface area contributed by atoms with Crippen molar-refractivity contribution in [2.24, 2.45) is 0 Å². The highest BCUT2D eigenvalue weighted by Gasteiger charge is 2.02. The number of fused-ring (bicyclic) bond motifs is 1. The molecule has 0 spiro atoms. The van der Waals surface area contributed by atoms with Crippen LogP contribution in [0.25, 0.3) is 10.9 Å². The van der Waals surface area contributed by atoms with Crippen LogP contribution in [0.5, 0.6) is 5.75 Å². The third-order valence-corrected chi connectivity index (χ3v) is 4.59. The summed E-state index contributed by atoms with van der Waals surface area (Å²) in [4.78, 5) is 16.9. The lowest BCUT2D eigenvalue weighted by molar-refractivity contribution is -0.118. The topological polar surface area (TPSA) is 51.2 Å². The summed E-state index contributed by atoms with van der Waals surface area (Å²) in [6, 6.07) is 15.6. The van der Waals surface area contributed by atoms with Crippen LogP contribution in [0, 0.1) is 17.7 Å². The summed E-state index contributed by atoms with van der Waals surface area (Å²) in [5.41, 5.74) is 0.799. The lowest BCUT2D eigenvalue weighted by Crippen LogP contribution is -2.25. The molecule has 0 bridgehead atoms. The van der Waals surface area contributed by atoms with E-state index in [1.165, 1.54) is 23.9 Å². The molecule has 1 amide bonds. The van der Waals surface area contributed by atoms with Gasteiger partial charge in [-0.2, -0.15) is 0 Å². The van der Waals surface area contributed by atoms with Crippen molar-refractivity contribution in [3.05, 3.63) is 66.6 Å². The van der Waals surface area contributed by atoms with Gasteiger partial charge >= 0.3 is 0 Å². The molecule has 3 rings (SSSR count). The molecule has 0 aliphatic rings. The van der Waals surface area contributed by atoms with Crippen LogP contribution in [-0.2, 0) is 4.79 Å². The van der Waals surface area contributed by atoms with Crippen molar-refractivity contribution in [3.63, 3.8) is 0 Å². The third kappa shape index (κ3) is 5.73. The monoisotopic (exact) mass is 380 g/mol. The first-order valence-corrected chi connectivity index (χ1v) is 9.28. The van der Waals surface area contributed by atoms with Gasteiger partial charge in [-0.05, 0) is 36.4 Å². The van der Waals surface area contributed by atoms with Crippen LogP contribution >= 0.6 is 11.8 Å². The van der Waals surface area contributed by atoms with E-state index in [2.05, 4.69) is 22.1 Å². The molecule has 0 atom stereocenters. The lowest BCUT2D eigenvalue weighted by atomic mass is 10.2. The molecule has 0 saturated carbocycles. The highest BCUT2D eigenvalue weighted by molar-refractivity contribution is 8.00. The number of thioether (sulfide) groups is 1. The van der Waals surface area contributed by atoms with Crippen LogP contribution in [0.1, 0.15) is 0 Å². The highest BCUT2D eigenvalue weighted by atomic mass is 32.2. The normalized spacial score (nSPS) is 10.1. The van der Waals surface area contributed by atoms with Crippen molar-refractivity contribution in [1.82, 2.24) is 10.3 Å². The number of hydrogen-bond acceptors (Lipinski definition) is 4. The maximum Gasteiger partial charge on any atom is 0.231 e. The summed E-state index contributed by atoms with van der Waals surface area (Å²) in [5, 5.41) is 3.73. The molecule has 0 unspecified atom stereocenters. The van der Waals surface area contributed by atoms with Gasteiger partial charge in [0.1, 0.15) is 23.7 Å². The Morgan fingerprint density at radius 3 is 2.78 bits per heavy atom. The Morgan fingerprint density at radius 1 is 1.11 bits per heavy atom. The van der Waals surface area contributed by atoms with E-state index >= 15 is 0 Å². The molecule has 27 heavy (non-hydrogen) atoms. The summed E-state index contributed by atoms with van der Waals surface area (Å²) < 4.78 is 18.5. The first kappa shape index (κ1) is 18.7. The molecule has 136 valence electrons. The van der Waals surface area contributed by atoms with Crippen molar-refractivity contribution in [1.29, 1.82) is 0 Å². The van der Waals surface area contributed by atoms with Gasteiger partial charge in [0.05, 0.1) is 12.3 Å². The van der Waals surface area contributed by atoms with Crippen molar-refractivity contribution in [3.8, 4) is 17.6 Å². The number of amides is 1. The summed E-state index contributed by atoms with van der Waals surface area (Å²) in [6.07, 6.45) is 1.72. The van der Waals surface area contributed by atoms with Crippen molar-refractivity contribution in [2.75, 3.05) is 18.9 Å². The van der Waals surface area contributed by atoms with E-state index in [0.717, 1.165) is 15.8 Å². The number of hydrogen-bond donors (Lipinski definition) is 1. The molecule has 2 aromatic carbocycles. The third-order valence-electron chi connectivity index (χ3n) is 3.58. The summed E-state index contributed by atoms with van der Waals surface area (Å²) in [7, 11) is 0. The van der Waals surface area contributed by atoms with Crippen LogP contribution < -0.4 is 10.1 Å². The van der Waals surface area contributed by atoms with Gasteiger partial charge in [0.2, 0.25) is 5.91 Å². The van der Waals surface area contributed by atoms with Gasteiger partial charge in [-0.3, -0.25) is 9.78 Å². The Kier molecular flexibility index (Phi) is 6.66. The van der Waals surface area contributed by atoms with Crippen molar-refractivity contribution in [2.45, 2.75) is 4.90 Å². The van der Waals surface area contributed by atoms with Gasteiger partial charge in [-0.1, -0.05) is 30.0 Å². The van der Waals surface area contributed by atoms with Crippen molar-refractivity contribution >= 4 is 28.6 Å². The number of aromatic nitrogens is 1. The molecule has 1 heterocycles. The molecule has 0 radical (unpaired) electrons. The van der Waals surface area contributed by atoms with E-state index in [1.807, 2.05) is 30.3 Å². The second kappa shape index (κ2) is 9.60. The second-order valence-electron chi connectivity index (χ2n) is 5.49. The van der Waals surface area contributed by atoms with Crippen LogP contribution in [-0.4, -0.2) is 29.8 Å². The first-order chi connectivity index (χ1) is 13.2. The molecule has 3 aromatic rings. The minimum absolute atomic E-state index is 0.127. The fraction of sp³-hybridized carbons (Fsp3) is 0.143. The zero-order chi connectivity index (χ0) is 18.9. The molecular formula is C21H17FN2O2S. The molecule has 0 fully saturated rings. The van der Waals surface area contributed by atoms with Crippen LogP contribution in [0.3, 0.4) is 0 Å². The minimum Gasteiger partial charge on any atom is -0.479 e. The Balaban J connectivity index is 1.39.